The molecular formula is C18H23NO2. The second-order valence-electron chi connectivity index (χ2n) is 5.64. The zero-order valence-corrected chi connectivity index (χ0v) is 12.8. The zero-order chi connectivity index (χ0) is 15.2. The fraction of sp³-hybridized carbons (Fsp3) is 0.444. The first-order valence-corrected chi connectivity index (χ1v) is 7.58. The van der Waals surface area contributed by atoms with Crippen molar-refractivity contribution in [3.05, 3.63) is 47.3 Å². The first-order chi connectivity index (χ1) is 10.1. The predicted molar refractivity (Wildman–Crippen MR) is 85.4 cm³/mol. The molecule has 112 valence electrons. The Bertz CT molecular complexity index is 544. The lowest BCUT2D eigenvalue weighted by molar-refractivity contribution is -0.113. The number of ketones is 1. The molecule has 2 rings (SSSR count). The summed E-state index contributed by atoms with van der Waals surface area (Å²) in [7, 11) is 1.61. The lowest BCUT2D eigenvalue weighted by atomic mass is 9.88. The third-order valence-electron chi connectivity index (χ3n) is 4.08. The molecule has 2 aliphatic rings. The Labute approximate surface area is 126 Å². The maximum atomic E-state index is 11.5. The van der Waals surface area contributed by atoms with E-state index in [9.17, 15) is 4.79 Å². The molecule has 1 fully saturated rings. The molecule has 0 saturated heterocycles. The molecule has 0 aromatic carbocycles. The van der Waals surface area contributed by atoms with Crippen molar-refractivity contribution in [3.63, 3.8) is 0 Å². The van der Waals surface area contributed by atoms with Gasteiger partial charge in [-0.3, -0.25) is 4.79 Å². The van der Waals surface area contributed by atoms with E-state index < -0.39 is 0 Å². The minimum atomic E-state index is 0.00274. The molecule has 0 bridgehead atoms. The molecular weight excluding hydrogens is 262 g/mol. The average molecular weight is 285 g/mol. The van der Waals surface area contributed by atoms with Crippen LogP contribution < -0.4 is 0 Å². The van der Waals surface area contributed by atoms with Gasteiger partial charge in [0.1, 0.15) is 5.76 Å². The molecule has 0 aromatic heterocycles. The molecule has 3 nitrogen and oxygen atoms in total. The van der Waals surface area contributed by atoms with Crippen LogP contribution in [0.5, 0.6) is 0 Å². The summed E-state index contributed by atoms with van der Waals surface area (Å²) in [6, 6.07) is 0. The van der Waals surface area contributed by atoms with Gasteiger partial charge < -0.3 is 10.1 Å². The van der Waals surface area contributed by atoms with Crippen molar-refractivity contribution in [2.75, 3.05) is 7.11 Å². The fourth-order valence-electron chi connectivity index (χ4n) is 2.78. The van der Waals surface area contributed by atoms with Crippen molar-refractivity contribution in [3.8, 4) is 0 Å². The summed E-state index contributed by atoms with van der Waals surface area (Å²) in [6.45, 7) is 1.53. The Morgan fingerprint density at radius 3 is 2.62 bits per heavy atom. The first-order valence-electron chi connectivity index (χ1n) is 7.58. The maximum Gasteiger partial charge on any atom is 0.159 e. The highest BCUT2D eigenvalue weighted by atomic mass is 16.5. The highest BCUT2D eigenvalue weighted by Crippen LogP contribution is 2.26. The molecule has 1 saturated carbocycles. The van der Waals surface area contributed by atoms with E-state index in [1.165, 1.54) is 39.0 Å². The van der Waals surface area contributed by atoms with Crippen LogP contribution >= 0.6 is 0 Å². The zero-order valence-electron chi connectivity index (χ0n) is 12.8. The minimum absolute atomic E-state index is 0.00274. The molecule has 0 heterocycles. The molecule has 21 heavy (non-hydrogen) atoms. The van der Waals surface area contributed by atoms with Crippen molar-refractivity contribution in [2.24, 2.45) is 5.92 Å². The summed E-state index contributed by atoms with van der Waals surface area (Å²) in [5.74, 6) is 1.27. The van der Waals surface area contributed by atoms with Crippen LogP contribution in [0.25, 0.3) is 0 Å². The van der Waals surface area contributed by atoms with Crippen LogP contribution in [0.2, 0.25) is 0 Å². The summed E-state index contributed by atoms with van der Waals surface area (Å²) in [5, 5.41) is 8.02. The Balaban J connectivity index is 2.24. The summed E-state index contributed by atoms with van der Waals surface area (Å²) in [6.07, 6.45) is 15.6. The molecule has 0 amide bonds. The lowest BCUT2D eigenvalue weighted by Crippen LogP contribution is -2.09. The van der Waals surface area contributed by atoms with Crippen molar-refractivity contribution >= 4 is 11.5 Å². The van der Waals surface area contributed by atoms with Gasteiger partial charge in [0.15, 0.2) is 5.78 Å². The average Bonchev–Trinajstić information content (AvgIpc) is 2.50. The van der Waals surface area contributed by atoms with Gasteiger partial charge in [0.25, 0.3) is 0 Å². The number of methoxy groups -OCH3 is 1. The number of hydrogen-bond donors (Lipinski definition) is 1. The Kier molecular flexibility index (Phi) is 5.32. The molecule has 0 atom stereocenters. The van der Waals surface area contributed by atoms with E-state index in [4.69, 9.17) is 10.1 Å². The van der Waals surface area contributed by atoms with E-state index in [-0.39, 0.29) is 5.78 Å². The van der Waals surface area contributed by atoms with Crippen LogP contribution in [0.15, 0.2) is 47.3 Å². The van der Waals surface area contributed by atoms with Gasteiger partial charge in [-0.25, -0.2) is 0 Å². The van der Waals surface area contributed by atoms with Gasteiger partial charge >= 0.3 is 0 Å². The van der Waals surface area contributed by atoms with Crippen molar-refractivity contribution < 1.29 is 9.53 Å². The topological polar surface area (TPSA) is 50.2 Å². The van der Waals surface area contributed by atoms with Gasteiger partial charge in [0.05, 0.1) is 12.8 Å². The lowest BCUT2D eigenvalue weighted by Gasteiger charge is -2.18. The molecule has 0 aromatic rings. The summed E-state index contributed by atoms with van der Waals surface area (Å²) >= 11 is 0. The number of carbonyl (C=O) groups is 1. The third kappa shape index (κ3) is 4.03. The number of nitrogens with one attached hydrogen (secondary N) is 1. The van der Waals surface area contributed by atoms with E-state index in [0.717, 1.165) is 0 Å². The van der Waals surface area contributed by atoms with Gasteiger partial charge in [0, 0.05) is 11.1 Å². The molecule has 2 aliphatic carbocycles. The number of hydrogen-bond acceptors (Lipinski definition) is 3. The van der Waals surface area contributed by atoms with Crippen molar-refractivity contribution in [1.29, 1.82) is 5.41 Å². The van der Waals surface area contributed by atoms with E-state index in [0.29, 0.717) is 28.5 Å². The summed E-state index contributed by atoms with van der Waals surface area (Å²) in [4.78, 5) is 11.5. The molecule has 0 unspecified atom stereocenters. The quantitative estimate of drug-likeness (QED) is 0.790. The number of rotatable bonds is 4. The second-order valence-corrected chi connectivity index (χ2v) is 5.64. The first kappa shape index (κ1) is 15.5. The van der Waals surface area contributed by atoms with Gasteiger partial charge in [0.2, 0.25) is 0 Å². The SMILES string of the molecule is COC(/C=C\C1CCCCC1)=C1/C=C(C(C)=O)C=CC1=N. The smallest absolute Gasteiger partial charge is 0.159 e. The van der Waals surface area contributed by atoms with E-state index in [2.05, 4.69) is 6.08 Å². The third-order valence-corrected chi connectivity index (χ3v) is 4.08. The standard InChI is InChI=1S/C18H23NO2/c1-13(20)15-9-10-17(19)16(12-15)18(21-2)11-8-14-6-4-3-5-7-14/h8-12,14,19H,3-7H2,1-2H3/b11-8-,18-16-,19-17?. The molecule has 0 spiro atoms. The second kappa shape index (κ2) is 7.21. The van der Waals surface area contributed by atoms with Crippen LogP contribution in [0.3, 0.4) is 0 Å². The Morgan fingerprint density at radius 1 is 1.29 bits per heavy atom. The highest BCUT2D eigenvalue weighted by Gasteiger charge is 2.15. The number of allylic oxidation sites excluding steroid dienone is 7. The Hall–Kier alpha value is -1.90. The molecule has 1 N–H and O–H groups in total. The van der Waals surface area contributed by atoms with Gasteiger partial charge in [-0.1, -0.05) is 25.3 Å². The highest BCUT2D eigenvalue weighted by molar-refractivity contribution is 6.13. The van der Waals surface area contributed by atoms with Crippen molar-refractivity contribution in [2.45, 2.75) is 39.0 Å². The van der Waals surface area contributed by atoms with E-state index in [1.807, 2.05) is 6.08 Å². The Morgan fingerprint density at radius 2 is 2.00 bits per heavy atom. The number of Topliss-reactive ketones (excluding diaryl/α,β-unsaturated/α-hetero) is 1. The minimum Gasteiger partial charge on any atom is -0.496 e. The van der Waals surface area contributed by atoms with Crippen LogP contribution in [0.1, 0.15) is 39.0 Å². The summed E-state index contributed by atoms with van der Waals surface area (Å²) < 4.78 is 5.44. The largest absolute Gasteiger partial charge is 0.496 e. The van der Waals surface area contributed by atoms with Crippen LogP contribution in [0, 0.1) is 11.3 Å². The molecule has 0 aliphatic heterocycles. The van der Waals surface area contributed by atoms with Crippen LogP contribution in [-0.2, 0) is 9.53 Å². The normalized spacial score (nSPS) is 22.4. The van der Waals surface area contributed by atoms with Gasteiger partial charge in [-0.05, 0) is 50.0 Å². The molecule has 0 radical (unpaired) electrons. The van der Waals surface area contributed by atoms with Crippen molar-refractivity contribution in [1.82, 2.24) is 0 Å². The predicted octanol–water partition coefficient (Wildman–Crippen LogP) is 4.13. The number of carbonyl (C=O) groups excluding carboxylic acids is 1. The maximum absolute atomic E-state index is 11.5. The van der Waals surface area contributed by atoms with Gasteiger partial charge in [-0.2, -0.15) is 0 Å². The van der Waals surface area contributed by atoms with E-state index in [1.54, 1.807) is 25.3 Å². The number of ether oxygens (including phenoxy) is 1. The summed E-state index contributed by atoms with van der Waals surface area (Å²) in [5.41, 5.74) is 1.67. The monoisotopic (exact) mass is 285 g/mol. The van der Waals surface area contributed by atoms with E-state index >= 15 is 0 Å². The van der Waals surface area contributed by atoms with Gasteiger partial charge in [-0.15, -0.1) is 0 Å². The van der Waals surface area contributed by atoms with Crippen LogP contribution in [-0.4, -0.2) is 18.6 Å². The fourth-order valence-corrected chi connectivity index (χ4v) is 2.78. The molecule has 3 heteroatoms. The van der Waals surface area contributed by atoms with Crippen LogP contribution in [0.4, 0.5) is 0 Å².